The van der Waals surface area contributed by atoms with Gasteiger partial charge >= 0.3 is 5.97 Å². The Labute approximate surface area is 202 Å². The predicted molar refractivity (Wildman–Crippen MR) is 133 cm³/mol. The third-order valence-electron chi connectivity index (χ3n) is 6.32. The second kappa shape index (κ2) is 10.3. The molecule has 1 aromatic heterocycles. The largest absolute Gasteiger partial charge is 0.478 e. The number of aryl methyl sites for hydroxylation is 1. The summed E-state index contributed by atoms with van der Waals surface area (Å²) >= 11 is 0. The van der Waals surface area contributed by atoms with E-state index in [0.29, 0.717) is 22.2 Å². The van der Waals surface area contributed by atoms with Gasteiger partial charge in [-0.1, -0.05) is 18.2 Å². The fourth-order valence-corrected chi connectivity index (χ4v) is 4.60. The van der Waals surface area contributed by atoms with Crippen molar-refractivity contribution >= 4 is 34.4 Å². The first-order valence-electron chi connectivity index (χ1n) is 11.6. The van der Waals surface area contributed by atoms with E-state index < -0.39 is 12.0 Å². The zero-order valence-electron chi connectivity index (χ0n) is 19.7. The Morgan fingerprint density at radius 1 is 1.23 bits per heavy atom. The lowest BCUT2D eigenvalue weighted by molar-refractivity contribution is -0.117. The number of aromatic carboxylic acids is 1. The number of hydrogen-bond donors (Lipinski definition) is 4. The van der Waals surface area contributed by atoms with E-state index in [0.717, 1.165) is 24.9 Å². The maximum absolute atomic E-state index is 12.9. The number of nitrogens with zero attached hydrogens (tertiary/aromatic N) is 1. The van der Waals surface area contributed by atoms with Crippen LogP contribution in [0.15, 0.2) is 51.7 Å². The fourth-order valence-electron chi connectivity index (χ4n) is 4.60. The van der Waals surface area contributed by atoms with Gasteiger partial charge in [0.05, 0.1) is 30.1 Å². The minimum absolute atomic E-state index is 0.00303. The lowest BCUT2D eigenvalue weighted by Crippen LogP contribution is -2.38. The Morgan fingerprint density at radius 2 is 2.00 bits per heavy atom. The summed E-state index contributed by atoms with van der Waals surface area (Å²) in [6.07, 6.45) is 1.76. The van der Waals surface area contributed by atoms with Gasteiger partial charge in [-0.05, 0) is 57.0 Å². The third-order valence-corrected chi connectivity index (χ3v) is 6.32. The summed E-state index contributed by atoms with van der Waals surface area (Å²) in [6, 6.07) is 11.0. The molecule has 2 aromatic carbocycles. The molecule has 0 aliphatic carbocycles. The molecular formula is C26H29N3O6. The van der Waals surface area contributed by atoms with Crippen molar-refractivity contribution in [2.45, 2.75) is 38.8 Å². The van der Waals surface area contributed by atoms with Crippen LogP contribution in [0.25, 0.3) is 11.0 Å². The van der Waals surface area contributed by atoms with Gasteiger partial charge in [0.25, 0.3) is 0 Å². The summed E-state index contributed by atoms with van der Waals surface area (Å²) in [5.41, 5.74) is 2.11. The number of amides is 1. The van der Waals surface area contributed by atoms with E-state index in [2.05, 4.69) is 10.6 Å². The molecule has 2 atom stereocenters. The highest BCUT2D eigenvalue weighted by Crippen LogP contribution is 2.30. The van der Waals surface area contributed by atoms with Gasteiger partial charge in [0.15, 0.2) is 5.43 Å². The molecule has 3 aromatic rings. The highest BCUT2D eigenvalue weighted by molar-refractivity contribution is 5.94. The van der Waals surface area contributed by atoms with Crippen LogP contribution in [0.2, 0.25) is 0 Å². The number of aliphatic hydroxyl groups excluding tert-OH is 1. The Hall–Kier alpha value is -3.69. The Morgan fingerprint density at radius 3 is 2.74 bits per heavy atom. The van der Waals surface area contributed by atoms with Crippen molar-refractivity contribution in [3.63, 3.8) is 0 Å². The van der Waals surface area contributed by atoms with Crippen molar-refractivity contribution in [1.82, 2.24) is 4.90 Å². The monoisotopic (exact) mass is 479 g/mol. The topological polar surface area (TPSA) is 132 Å². The number of nitrogens with one attached hydrogen (secondary N) is 2. The first-order valence-corrected chi connectivity index (χ1v) is 11.6. The molecule has 0 spiro atoms. The van der Waals surface area contributed by atoms with E-state index in [1.165, 1.54) is 12.1 Å². The quantitative estimate of drug-likeness (QED) is 0.387. The molecule has 1 aliphatic rings. The molecule has 0 radical (unpaired) electrons. The van der Waals surface area contributed by atoms with Crippen LogP contribution >= 0.6 is 0 Å². The zero-order chi connectivity index (χ0) is 25.1. The molecule has 9 nitrogen and oxygen atoms in total. The van der Waals surface area contributed by atoms with Gasteiger partial charge in [-0.3, -0.25) is 19.8 Å². The number of hydrogen-bond acceptors (Lipinski definition) is 7. The lowest BCUT2D eigenvalue weighted by Gasteiger charge is -2.22. The maximum atomic E-state index is 12.9. The van der Waals surface area contributed by atoms with Gasteiger partial charge in [-0.25, -0.2) is 4.79 Å². The minimum Gasteiger partial charge on any atom is -0.478 e. The van der Waals surface area contributed by atoms with E-state index in [4.69, 9.17) is 4.42 Å². The van der Waals surface area contributed by atoms with E-state index in [-0.39, 0.29) is 42.0 Å². The summed E-state index contributed by atoms with van der Waals surface area (Å²) in [7, 11) is 0. The van der Waals surface area contributed by atoms with E-state index in [1.807, 2.05) is 24.8 Å². The van der Waals surface area contributed by atoms with Crippen LogP contribution in [0.4, 0.5) is 11.6 Å². The van der Waals surface area contributed by atoms with Crippen LogP contribution < -0.4 is 16.1 Å². The van der Waals surface area contributed by atoms with Crippen LogP contribution in [0, 0.1) is 6.92 Å². The van der Waals surface area contributed by atoms with Crippen molar-refractivity contribution in [2.24, 2.45) is 0 Å². The number of rotatable bonds is 8. The number of benzene rings is 2. The molecule has 35 heavy (non-hydrogen) atoms. The molecule has 1 amide bonds. The molecule has 1 fully saturated rings. The summed E-state index contributed by atoms with van der Waals surface area (Å²) in [6.45, 7) is 4.53. The molecule has 0 bridgehead atoms. The number of anilines is 2. The SMILES string of the molecule is Cc1cc(C(C)Nc2ccccc2C(=O)O)c2oc(NC(=O)CN3CCC[C@H]3CO)cc(=O)c2c1. The number of aliphatic hydroxyl groups is 1. The van der Waals surface area contributed by atoms with Gasteiger partial charge in [-0.2, -0.15) is 0 Å². The third kappa shape index (κ3) is 5.36. The van der Waals surface area contributed by atoms with Crippen molar-refractivity contribution < 1.29 is 24.2 Å². The minimum atomic E-state index is -1.05. The molecule has 4 rings (SSSR count). The van der Waals surface area contributed by atoms with Gasteiger partial charge in [0.2, 0.25) is 11.8 Å². The molecular weight excluding hydrogens is 450 g/mol. The van der Waals surface area contributed by atoms with Crippen molar-refractivity contribution in [3.8, 4) is 0 Å². The van der Waals surface area contributed by atoms with Crippen LogP contribution in [0.5, 0.6) is 0 Å². The number of para-hydroxylation sites is 1. The standard InChI is InChI=1S/C26H29N3O6/c1-15-10-19(16(2)27-21-8-4-3-7-18(21)26(33)34)25-20(11-15)22(31)12-24(35-25)28-23(32)13-29-9-5-6-17(29)14-30/h3-4,7-8,10-12,16-17,27,30H,5-6,9,13-14H2,1-2H3,(H,28,32)(H,33,34)/t16?,17-/m0/s1. The smallest absolute Gasteiger partial charge is 0.337 e. The number of carboxylic acids is 1. The summed E-state index contributed by atoms with van der Waals surface area (Å²) in [4.78, 5) is 39.0. The number of fused-ring (bicyclic) bond motifs is 1. The fraction of sp³-hybridized carbons (Fsp3) is 0.346. The Kier molecular flexibility index (Phi) is 7.18. The Bertz CT molecular complexity index is 1320. The van der Waals surface area contributed by atoms with E-state index >= 15 is 0 Å². The molecule has 0 saturated carbocycles. The number of carbonyl (C=O) groups excluding carboxylic acids is 1. The van der Waals surface area contributed by atoms with E-state index in [9.17, 15) is 24.6 Å². The van der Waals surface area contributed by atoms with Crippen LogP contribution in [-0.4, -0.2) is 52.7 Å². The molecule has 9 heteroatoms. The highest BCUT2D eigenvalue weighted by Gasteiger charge is 2.26. The second-order valence-corrected chi connectivity index (χ2v) is 8.92. The lowest BCUT2D eigenvalue weighted by atomic mass is 10.0. The molecule has 1 saturated heterocycles. The van der Waals surface area contributed by atoms with Crippen LogP contribution in [0.1, 0.15) is 47.3 Å². The van der Waals surface area contributed by atoms with E-state index in [1.54, 1.807) is 24.3 Å². The molecule has 2 heterocycles. The second-order valence-electron chi connectivity index (χ2n) is 8.92. The average Bonchev–Trinajstić information content (AvgIpc) is 3.26. The summed E-state index contributed by atoms with van der Waals surface area (Å²) in [5.74, 6) is -1.34. The van der Waals surface area contributed by atoms with Gasteiger partial charge < -0.3 is 19.9 Å². The van der Waals surface area contributed by atoms with Crippen LogP contribution in [-0.2, 0) is 4.79 Å². The highest BCUT2D eigenvalue weighted by atomic mass is 16.4. The van der Waals surface area contributed by atoms with Gasteiger partial charge in [-0.15, -0.1) is 0 Å². The maximum Gasteiger partial charge on any atom is 0.337 e. The first-order chi connectivity index (χ1) is 16.8. The first kappa shape index (κ1) is 24.4. The van der Waals surface area contributed by atoms with Gasteiger partial charge in [0, 0.05) is 23.4 Å². The number of carbonyl (C=O) groups is 2. The van der Waals surface area contributed by atoms with Crippen molar-refractivity contribution in [2.75, 3.05) is 30.3 Å². The zero-order valence-corrected chi connectivity index (χ0v) is 19.7. The van der Waals surface area contributed by atoms with Gasteiger partial charge in [0.1, 0.15) is 5.58 Å². The number of likely N-dealkylation sites (tertiary alicyclic amines) is 1. The van der Waals surface area contributed by atoms with Crippen LogP contribution in [0.3, 0.4) is 0 Å². The predicted octanol–water partition coefficient (Wildman–Crippen LogP) is 3.37. The average molecular weight is 480 g/mol. The molecule has 1 unspecified atom stereocenters. The summed E-state index contributed by atoms with van der Waals surface area (Å²) in [5, 5.41) is 25.2. The number of carboxylic acid groups (broad SMARTS) is 1. The van der Waals surface area contributed by atoms with Crippen molar-refractivity contribution in [3.05, 3.63) is 69.4 Å². The molecule has 1 aliphatic heterocycles. The molecule has 184 valence electrons. The Balaban J connectivity index is 1.64. The normalized spacial score (nSPS) is 16.8. The summed E-state index contributed by atoms with van der Waals surface area (Å²) < 4.78 is 6.00. The van der Waals surface area contributed by atoms with Crippen molar-refractivity contribution in [1.29, 1.82) is 0 Å². The molecule has 4 N–H and O–H groups in total.